The molecule has 0 unspecified atom stereocenters. The molecule has 0 bridgehead atoms. The smallest absolute Gasteiger partial charge is 0.260 e. The van der Waals surface area contributed by atoms with Gasteiger partial charge >= 0.3 is 0 Å². The third-order valence-electron chi connectivity index (χ3n) is 1.95. The fraction of sp³-hybridized carbons (Fsp3) is 0. The van der Waals surface area contributed by atoms with Crippen molar-refractivity contribution in [3.63, 3.8) is 0 Å². The normalized spacial score (nSPS) is 16.6. The molecule has 0 aromatic heterocycles. The molecule has 0 aliphatic carbocycles. The molecule has 2 N–H and O–H groups in total. The van der Waals surface area contributed by atoms with Crippen LogP contribution in [-0.2, 0) is 0 Å². The van der Waals surface area contributed by atoms with Crippen LogP contribution in [0.1, 0.15) is 11.1 Å². The molecule has 0 atom stereocenters. The third kappa shape index (κ3) is 1.24. The minimum Gasteiger partial charge on any atom is -0.383 e. The molecule has 1 aliphatic heterocycles. The van der Waals surface area contributed by atoms with E-state index in [-0.39, 0.29) is 0 Å². The van der Waals surface area contributed by atoms with Crippen LogP contribution in [0.15, 0.2) is 35.5 Å². The number of hydrogen-bond acceptors (Lipinski definition) is 4. The first-order chi connectivity index (χ1) is 6.68. The fourth-order valence-electron chi connectivity index (χ4n) is 1.38. The van der Waals surface area contributed by atoms with Gasteiger partial charge in [-0.25, -0.2) is 4.99 Å². The molecule has 0 saturated heterocycles. The lowest BCUT2D eigenvalue weighted by Gasteiger charge is -1.95. The topological polar surface area (TPSA) is 81.5 Å². The fourth-order valence-corrected chi connectivity index (χ4v) is 1.38. The highest BCUT2D eigenvalue weighted by atomic mass is 16.6. The van der Waals surface area contributed by atoms with E-state index in [0.29, 0.717) is 17.1 Å². The Bertz CT molecular complexity index is 463. The number of hydrogen-bond donors (Lipinski definition) is 1. The molecular formula is C9H7N3O2. The van der Waals surface area contributed by atoms with Crippen molar-refractivity contribution in [2.45, 2.75) is 0 Å². The van der Waals surface area contributed by atoms with Gasteiger partial charge in [0.05, 0.1) is 4.92 Å². The molecule has 0 saturated carbocycles. The number of aliphatic imine (C=N–C) groups is 1. The first kappa shape index (κ1) is 8.43. The van der Waals surface area contributed by atoms with Crippen LogP contribution in [0.25, 0.3) is 5.70 Å². The van der Waals surface area contributed by atoms with Gasteiger partial charge in [0.2, 0.25) is 0 Å². The van der Waals surface area contributed by atoms with Gasteiger partial charge in [-0.15, -0.1) is 0 Å². The molecule has 0 spiro atoms. The van der Waals surface area contributed by atoms with Crippen molar-refractivity contribution in [3.05, 3.63) is 51.7 Å². The molecule has 1 aromatic rings. The zero-order valence-corrected chi connectivity index (χ0v) is 7.18. The van der Waals surface area contributed by atoms with E-state index in [1.807, 2.05) is 6.07 Å². The molecule has 0 radical (unpaired) electrons. The zero-order chi connectivity index (χ0) is 10.1. The highest BCUT2D eigenvalue weighted by Crippen LogP contribution is 2.26. The summed E-state index contributed by atoms with van der Waals surface area (Å²) in [4.78, 5) is 13.7. The van der Waals surface area contributed by atoms with E-state index in [0.717, 1.165) is 11.8 Å². The van der Waals surface area contributed by atoms with Crippen LogP contribution in [-0.4, -0.2) is 10.8 Å². The average Bonchev–Trinajstić information content (AvgIpc) is 2.44. The Labute approximate surface area is 79.7 Å². The summed E-state index contributed by atoms with van der Waals surface area (Å²) in [6.07, 6.45) is 0.860. The van der Waals surface area contributed by atoms with E-state index in [2.05, 4.69) is 4.99 Å². The summed E-state index contributed by atoms with van der Waals surface area (Å²) in [5.74, 6) is 0.328. The lowest BCUT2D eigenvalue weighted by Crippen LogP contribution is -2.09. The maximum Gasteiger partial charge on any atom is 0.260 e. The number of amidine groups is 1. The minimum atomic E-state index is -0.534. The van der Waals surface area contributed by atoms with Gasteiger partial charge in [-0.2, -0.15) is 0 Å². The lowest BCUT2D eigenvalue weighted by molar-refractivity contribution is -0.401. The van der Waals surface area contributed by atoms with Crippen LogP contribution < -0.4 is 5.73 Å². The van der Waals surface area contributed by atoms with Gasteiger partial charge in [0, 0.05) is 11.1 Å². The van der Waals surface area contributed by atoms with Crippen LogP contribution >= 0.6 is 0 Å². The molecule has 1 aromatic carbocycles. The quantitative estimate of drug-likeness (QED) is 0.528. The number of fused-ring (bicyclic) bond motifs is 1. The van der Waals surface area contributed by atoms with Crippen LogP contribution in [0.4, 0.5) is 0 Å². The van der Waals surface area contributed by atoms with Crippen molar-refractivity contribution in [2.24, 2.45) is 10.7 Å². The summed E-state index contributed by atoms with van der Waals surface area (Å²) < 4.78 is 0. The Morgan fingerprint density at radius 1 is 1.36 bits per heavy atom. The summed E-state index contributed by atoms with van der Waals surface area (Å²) in [6.45, 7) is 0. The van der Waals surface area contributed by atoms with Gasteiger partial charge in [-0.3, -0.25) is 10.1 Å². The van der Waals surface area contributed by atoms with Gasteiger partial charge in [-0.1, -0.05) is 24.3 Å². The van der Waals surface area contributed by atoms with E-state index in [1.165, 1.54) is 0 Å². The number of nitrogens with two attached hydrogens (primary N) is 1. The summed E-state index contributed by atoms with van der Waals surface area (Å²) in [5, 5.41) is 10.3. The molecule has 0 amide bonds. The molecular weight excluding hydrogens is 182 g/mol. The second kappa shape index (κ2) is 2.95. The van der Waals surface area contributed by atoms with Crippen molar-refractivity contribution in [1.82, 2.24) is 0 Å². The number of benzene rings is 1. The minimum absolute atomic E-state index is 0.308. The second-order valence-corrected chi connectivity index (χ2v) is 2.84. The van der Waals surface area contributed by atoms with Gasteiger partial charge in [-0.05, 0) is 0 Å². The molecule has 0 fully saturated rings. The SMILES string of the molecule is NC1=N/C(=C\[N+](=O)[O-])c2ccccc21. The predicted molar refractivity (Wildman–Crippen MR) is 52.1 cm³/mol. The molecule has 1 aliphatic rings. The van der Waals surface area contributed by atoms with Gasteiger partial charge in [0.15, 0.2) is 0 Å². The standard InChI is InChI=1S/C9H7N3O2/c10-9-7-4-2-1-3-6(7)8(11-9)5-12(13)14/h1-5H,(H2,10,11)/b8-5-. The first-order valence-electron chi connectivity index (χ1n) is 3.98. The Hall–Kier alpha value is -2.17. The number of nitrogens with zero attached hydrogens (tertiary/aromatic N) is 2. The van der Waals surface area contributed by atoms with Crippen LogP contribution in [0.5, 0.6) is 0 Å². The Morgan fingerprint density at radius 2 is 2.00 bits per heavy atom. The van der Waals surface area contributed by atoms with Crippen molar-refractivity contribution >= 4 is 11.5 Å². The van der Waals surface area contributed by atoms with Crippen molar-refractivity contribution in [2.75, 3.05) is 0 Å². The van der Waals surface area contributed by atoms with E-state index in [9.17, 15) is 10.1 Å². The molecule has 2 rings (SSSR count). The highest BCUT2D eigenvalue weighted by Gasteiger charge is 2.19. The predicted octanol–water partition coefficient (Wildman–Crippen LogP) is 0.981. The van der Waals surface area contributed by atoms with E-state index >= 15 is 0 Å². The van der Waals surface area contributed by atoms with Crippen LogP contribution in [0.3, 0.4) is 0 Å². The second-order valence-electron chi connectivity index (χ2n) is 2.84. The zero-order valence-electron chi connectivity index (χ0n) is 7.18. The summed E-state index contributed by atoms with van der Waals surface area (Å²) in [6, 6.07) is 7.15. The molecule has 5 nitrogen and oxygen atoms in total. The van der Waals surface area contributed by atoms with Gasteiger partial charge < -0.3 is 5.73 Å². The maximum atomic E-state index is 10.3. The first-order valence-corrected chi connectivity index (χ1v) is 3.98. The Balaban J connectivity index is 2.57. The summed E-state index contributed by atoms with van der Waals surface area (Å²) >= 11 is 0. The van der Waals surface area contributed by atoms with Crippen molar-refractivity contribution in [3.8, 4) is 0 Å². The molecule has 5 heteroatoms. The van der Waals surface area contributed by atoms with Crippen molar-refractivity contribution in [1.29, 1.82) is 0 Å². The van der Waals surface area contributed by atoms with Gasteiger partial charge in [0.25, 0.3) is 6.20 Å². The molecule has 1 heterocycles. The molecule has 14 heavy (non-hydrogen) atoms. The number of rotatable bonds is 1. The monoisotopic (exact) mass is 189 g/mol. The van der Waals surface area contributed by atoms with Crippen LogP contribution in [0, 0.1) is 10.1 Å². The average molecular weight is 189 g/mol. The van der Waals surface area contributed by atoms with Crippen molar-refractivity contribution < 1.29 is 4.92 Å². The Morgan fingerprint density at radius 3 is 2.64 bits per heavy atom. The molecule has 70 valence electrons. The van der Waals surface area contributed by atoms with E-state index in [4.69, 9.17) is 5.73 Å². The van der Waals surface area contributed by atoms with E-state index < -0.39 is 4.92 Å². The van der Waals surface area contributed by atoms with E-state index in [1.54, 1.807) is 18.2 Å². The third-order valence-corrected chi connectivity index (χ3v) is 1.95. The van der Waals surface area contributed by atoms with Gasteiger partial charge in [0.1, 0.15) is 11.5 Å². The van der Waals surface area contributed by atoms with Crippen LogP contribution in [0.2, 0.25) is 0 Å². The highest BCUT2D eigenvalue weighted by molar-refractivity contribution is 6.08. The largest absolute Gasteiger partial charge is 0.383 e. The number of nitro groups is 1. The maximum absolute atomic E-state index is 10.3. The Kier molecular flexibility index (Phi) is 1.78. The summed E-state index contributed by atoms with van der Waals surface area (Å²) in [5.41, 5.74) is 7.37. The summed E-state index contributed by atoms with van der Waals surface area (Å²) in [7, 11) is 0. The lowest BCUT2D eigenvalue weighted by atomic mass is 10.1.